The molecule has 0 amide bonds. The van der Waals surface area contributed by atoms with Crippen molar-refractivity contribution < 1.29 is 19.4 Å². The zero-order valence-corrected chi connectivity index (χ0v) is 11.7. The van der Waals surface area contributed by atoms with Gasteiger partial charge in [-0.1, -0.05) is 12.1 Å². The number of ether oxygens (including phenoxy) is 2. The predicted molar refractivity (Wildman–Crippen MR) is 75.1 cm³/mol. The van der Waals surface area contributed by atoms with Gasteiger partial charge in [-0.15, -0.1) is 0 Å². The molecule has 110 valence electrons. The third-order valence-electron chi connectivity index (χ3n) is 3.29. The number of aryl methyl sites for hydroxylation is 1. The molecule has 1 aromatic carbocycles. The van der Waals surface area contributed by atoms with Gasteiger partial charge in [-0.2, -0.15) is 0 Å². The Labute approximate surface area is 118 Å². The van der Waals surface area contributed by atoms with E-state index < -0.39 is 12.1 Å². The second-order valence-corrected chi connectivity index (χ2v) is 5.03. The van der Waals surface area contributed by atoms with Gasteiger partial charge in [0.05, 0.1) is 6.10 Å². The van der Waals surface area contributed by atoms with Crippen LogP contribution in [-0.4, -0.2) is 43.0 Å². The lowest BCUT2D eigenvalue weighted by Crippen LogP contribution is -2.31. The standard InChI is InChI=1S/C15H21NO4/c1-11-3-2-4-12(9-11)19-8-7-16-10-13-5-6-14(20-13)15(17)18/h2-4,9,13-14,16H,5-8,10H2,1H3,(H,17,18). The largest absolute Gasteiger partial charge is 0.492 e. The summed E-state index contributed by atoms with van der Waals surface area (Å²) >= 11 is 0. The molecule has 2 atom stereocenters. The van der Waals surface area contributed by atoms with Crippen LogP contribution in [0, 0.1) is 6.92 Å². The van der Waals surface area contributed by atoms with E-state index in [-0.39, 0.29) is 6.10 Å². The van der Waals surface area contributed by atoms with Crippen molar-refractivity contribution in [3.05, 3.63) is 29.8 Å². The topological polar surface area (TPSA) is 67.8 Å². The summed E-state index contributed by atoms with van der Waals surface area (Å²) in [6.45, 7) is 3.99. The second-order valence-electron chi connectivity index (χ2n) is 5.03. The number of nitrogens with one attached hydrogen (secondary N) is 1. The highest BCUT2D eigenvalue weighted by atomic mass is 16.5. The van der Waals surface area contributed by atoms with Gasteiger partial charge in [0.25, 0.3) is 0 Å². The average Bonchev–Trinajstić information content (AvgIpc) is 2.87. The molecular weight excluding hydrogens is 258 g/mol. The maximum atomic E-state index is 10.7. The lowest BCUT2D eigenvalue weighted by molar-refractivity contribution is -0.149. The molecule has 1 aromatic rings. The summed E-state index contributed by atoms with van der Waals surface area (Å²) in [4.78, 5) is 10.7. The van der Waals surface area contributed by atoms with Crippen LogP contribution >= 0.6 is 0 Å². The van der Waals surface area contributed by atoms with Gasteiger partial charge in [-0.25, -0.2) is 4.79 Å². The van der Waals surface area contributed by atoms with Gasteiger partial charge in [0, 0.05) is 13.1 Å². The predicted octanol–water partition coefficient (Wildman–Crippen LogP) is 1.60. The van der Waals surface area contributed by atoms with E-state index in [2.05, 4.69) is 5.32 Å². The number of benzene rings is 1. The molecule has 2 N–H and O–H groups in total. The molecule has 0 saturated carbocycles. The second kappa shape index (κ2) is 7.26. The SMILES string of the molecule is Cc1cccc(OCCNCC2CCC(C(=O)O)O2)c1. The van der Waals surface area contributed by atoms with Crippen LogP contribution in [0.2, 0.25) is 0 Å². The van der Waals surface area contributed by atoms with E-state index in [1.54, 1.807) is 0 Å². The molecule has 1 saturated heterocycles. The highest BCUT2D eigenvalue weighted by molar-refractivity contribution is 5.72. The average molecular weight is 279 g/mol. The molecule has 2 unspecified atom stereocenters. The molecule has 1 heterocycles. The van der Waals surface area contributed by atoms with Crippen molar-refractivity contribution >= 4 is 5.97 Å². The van der Waals surface area contributed by atoms with Crippen LogP contribution in [0.5, 0.6) is 5.75 Å². The first-order valence-corrected chi connectivity index (χ1v) is 6.93. The first kappa shape index (κ1) is 14.8. The van der Waals surface area contributed by atoms with E-state index in [9.17, 15) is 4.79 Å². The molecule has 20 heavy (non-hydrogen) atoms. The number of carboxylic acids is 1. The minimum absolute atomic E-state index is 0.00457. The molecule has 0 aliphatic carbocycles. The van der Waals surface area contributed by atoms with E-state index in [4.69, 9.17) is 14.6 Å². The Bertz CT molecular complexity index is 449. The van der Waals surface area contributed by atoms with Crippen molar-refractivity contribution in [1.29, 1.82) is 0 Å². The molecule has 2 rings (SSSR count). The number of carbonyl (C=O) groups is 1. The zero-order valence-electron chi connectivity index (χ0n) is 11.7. The monoisotopic (exact) mass is 279 g/mol. The smallest absolute Gasteiger partial charge is 0.332 e. The van der Waals surface area contributed by atoms with Crippen molar-refractivity contribution in [2.45, 2.75) is 32.0 Å². The van der Waals surface area contributed by atoms with Crippen LogP contribution in [0.3, 0.4) is 0 Å². The molecule has 0 spiro atoms. The first-order chi connectivity index (χ1) is 9.65. The Kier molecular flexibility index (Phi) is 5.38. The molecular formula is C15H21NO4. The summed E-state index contributed by atoms with van der Waals surface area (Å²) in [5.41, 5.74) is 1.18. The third kappa shape index (κ3) is 4.51. The first-order valence-electron chi connectivity index (χ1n) is 6.93. The summed E-state index contributed by atoms with van der Waals surface area (Å²) in [6, 6.07) is 7.93. The van der Waals surface area contributed by atoms with Crippen LogP contribution in [0.1, 0.15) is 18.4 Å². The van der Waals surface area contributed by atoms with Crippen molar-refractivity contribution in [3.8, 4) is 5.75 Å². The van der Waals surface area contributed by atoms with Crippen LogP contribution in [0.15, 0.2) is 24.3 Å². The maximum absolute atomic E-state index is 10.7. The highest BCUT2D eigenvalue weighted by Gasteiger charge is 2.29. The Morgan fingerprint density at radius 2 is 2.35 bits per heavy atom. The molecule has 1 fully saturated rings. The molecule has 1 aliphatic rings. The van der Waals surface area contributed by atoms with Crippen LogP contribution < -0.4 is 10.1 Å². The molecule has 0 bridgehead atoms. The fraction of sp³-hybridized carbons (Fsp3) is 0.533. The Balaban J connectivity index is 1.57. The minimum atomic E-state index is -0.865. The highest BCUT2D eigenvalue weighted by Crippen LogP contribution is 2.19. The molecule has 5 heteroatoms. The number of aliphatic carboxylic acids is 1. The van der Waals surface area contributed by atoms with Gasteiger partial charge in [-0.05, 0) is 37.5 Å². The lowest BCUT2D eigenvalue weighted by Gasteiger charge is -2.12. The number of hydrogen-bond donors (Lipinski definition) is 2. The fourth-order valence-electron chi connectivity index (χ4n) is 2.25. The molecule has 0 aromatic heterocycles. The van der Waals surface area contributed by atoms with E-state index in [0.717, 1.165) is 12.2 Å². The van der Waals surface area contributed by atoms with E-state index in [0.29, 0.717) is 26.1 Å². The maximum Gasteiger partial charge on any atom is 0.332 e. The Hall–Kier alpha value is -1.59. The fourth-order valence-corrected chi connectivity index (χ4v) is 2.25. The van der Waals surface area contributed by atoms with Gasteiger partial charge < -0.3 is 19.9 Å². The third-order valence-corrected chi connectivity index (χ3v) is 3.29. The van der Waals surface area contributed by atoms with Gasteiger partial charge in [0.1, 0.15) is 12.4 Å². The van der Waals surface area contributed by atoms with Gasteiger partial charge in [0.15, 0.2) is 6.10 Å². The summed E-state index contributed by atoms with van der Waals surface area (Å²) in [6.07, 6.45) is 0.755. The number of hydrogen-bond acceptors (Lipinski definition) is 4. The summed E-state index contributed by atoms with van der Waals surface area (Å²) in [5, 5.41) is 12.1. The minimum Gasteiger partial charge on any atom is -0.492 e. The van der Waals surface area contributed by atoms with Crippen molar-refractivity contribution in [1.82, 2.24) is 5.32 Å². The van der Waals surface area contributed by atoms with E-state index in [1.807, 2.05) is 31.2 Å². The summed E-state index contributed by atoms with van der Waals surface area (Å²) in [5.74, 6) is 0.00476. The van der Waals surface area contributed by atoms with Gasteiger partial charge in [0.2, 0.25) is 0 Å². The molecule has 1 aliphatic heterocycles. The normalized spacial score (nSPS) is 21.9. The zero-order chi connectivity index (χ0) is 14.4. The number of rotatable bonds is 7. The van der Waals surface area contributed by atoms with Gasteiger partial charge in [-0.3, -0.25) is 0 Å². The van der Waals surface area contributed by atoms with Crippen molar-refractivity contribution in [2.75, 3.05) is 19.7 Å². The van der Waals surface area contributed by atoms with E-state index in [1.165, 1.54) is 5.56 Å². The van der Waals surface area contributed by atoms with E-state index >= 15 is 0 Å². The molecule has 5 nitrogen and oxygen atoms in total. The van der Waals surface area contributed by atoms with Crippen molar-refractivity contribution in [3.63, 3.8) is 0 Å². The Morgan fingerprint density at radius 1 is 1.50 bits per heavy atom. The van der Waals surface area contributed by atoms with Crippen LogP contribution in [-0.2, 0) is 9.53 Å². The van der Waals surface area contributed by atoms with Crippen LogP contribution in [0.4, 0.5) is 0 Å². The van der Waals surface area contributed by atoms with Crippen molar-refractivity contribution in [2.24, 2.45) is 0 Å². The number of carboxylic acid groups (broad SMARTS) is 1. The van der Waals surface area contributed by atoms with Crippen LogP contribution in [0.25, 0.3) is 0 Å². The lowest BCUT2D eigenvalue weighted by atomic mass is 10.2. The van der Waals surface area contributed by atoms with Gasteiger partial charge >= 0.3 is 5.97 Å². The Morgan fingerprint density at radius 3 is 3.05 bits per heavy atom. The summed E-state index contributed by atoms with van der Waals surface area (Å²) in [7, 11) is 0. The quantitative estimate of drug-likeness (QED) is 0.742. The molecule has 0 radical (unpaired) electrons. The summed E-state index contributed by atoms with van der Waals surface area (Å²) < 4.78 is 11.0.